The van der Waals surface area contributed by atoms with Crippen molar-refractivity contribution in [3.05, 3.63) is 12.2 Å². The van der Waals surface area contributed by atoms with Crippen molar-refractivity contribution < 1.29 is 38.1 Å². The first kappa shape index (κ1) is 29.5. The number of hydrogen-bond acceptors (Lipinski definition) is 8. The highest BCUT2D eigenvalue weighted by Crippen LogP contribution is 2.23. The molecule has 0 aromatic rings. The number of amides is 2. The van der Waals surface area contributed by atoms with Gasteiger partial charge in [-0.25, -0.2) is 19.2 Å². The monoisotopic (exact) mass is 510 g/mol. The molecule has 2 aliphatic rings. The Bertz CT molecular complexity index is 730. The van der Waals surface area contributed by atoms with Crippen molar-refractivity contribution in [2.24, 2.45) is 0 Å². The van der Waals surface area contributed by atoms with Crippen LogP contribution in [-0.2, 0) is 28.5 Å². The zero-order valence-corrected chi connectivity index (χ0v) is 22.4. The van der Waals surface area contributed by atoms with Gasteiger partial charge in [-0.15, -0.1) is 0 Å². The summed E-state index contributed by atoms with van der Waals surface area (Å²) in [6.07, 6.45) is 5.92. The molecule has 0 aromatic heterocycles. The van der Waals surface area contributed by atoms with Gasteiger partial charge in [0.1, 0.15) is 23.4 Å². The standard InChI is InChI=1S/C26H42N2O8/c1-25(2,3)35-23(31)27-17-7-11-19(12-8-17)33-21(29)15-16-22(30)34-20-13-9-18(10-14-20)28-24(32)36-26(4,5)6/h15-20H,7-14H2,1-6H3,(H,27,31)(H,28,32)/b16-15+. The van der Waals surface area contributed by atoms with Crippen molar-refractivity contribution in [2.45, 2.75) is 128 Å². The fourth-order valence-electron chi connectivity index (χ4n) is 4.14. The second-order valence-electron chi connectivity index (χ2n) is 11.4. The third-order valence-electron chi connectivity index (χ3n) is 5.71. The third-order valence-corrected chi connectivity index (χ3v) is 5.71. The van der Waals surface area contributed by atoms with Gasteiger partial charge in [-0.3, -0.25) is 0 Å². The molecule has 0 unspecified atom stereocenters. The Balaban J connectivity index is 1.62. The van der Waals surface area contributed by atoms with E-state index in [1.807, 2.05) is 41.5 Å². The van der Waals surface area contributed by atoms with Gasteiger partial charge in [0.2, 0.25) is 0 Å². The molecule has 2 N–H and O–H groups in total. The first-order chi connectivity index (χ1) is 16.7. The molecule has 0 radical (unpaired) electrons. The van der Waals surface area contributed by atoms with Gasteiger partial charge in [-0.1, -0.05) is 0 Å². The van der Waals surface area contributed by atoms with E-state index in [0.717, 1.165) is 12.2 Å². The van der Waals surface area contributed by atoms with Gasteiger partial charge in [-0.2, -0.15) is 0 Å². The molecule has 2 amide bonds. The zero-order chi connectivity index (χ0) is 26.9. The van der Waals surface area contributed by atoms with E-state index in [0.29, 0.717) is 51.4 Å². The second-order valence-corrected chi connectivity index (χ2v) is 11.4. The number of carbonyl (C=O) groups is 4. The molecule has 0 aromatic carbocycles. The smallest absolute Gasteiger partial charge is 0.407 e. The van der Waals surface area contributed by atoms with E-state index in [4.69, 9.17) is 18.9 Å². The molecule has 0 aliphatic heterocycles. The van der Waals surface area contributed by atoms with Crippen molar-refractivity contribution in [1.82, 2.24) is 10.6 Å². The van der Waals surface area contributed by atoms with Crippen LogP contribution in [0.25, 0.3) is 0 Å². The highest BCUT2D eigenvalue weighted by atomic mass is 16.6. The SMILES string of the molecule is CC(C)(C)OC(=O)NC1CCC(OC(=O)/C=C/C(=O)OC2CCC(NC(=O)OC(C)(C)C)CC2)CC1. The number of carbonyl (C=O) groups excluding carboxylic acids is 4. The van der Waals surface area contributed by atoms with Crippen molar-refractivity contribution in [2.75, 3.05) is 0 Å². The van der Waals surface area contributed by atoms with Gasteiger partial charge in [0.15, 0.2) is 0 Å². The third kappa shape index (κ3) is 12.3. The molecular formula is C26H42N2O8. The van der Waals surface area contributed by atoms with Crippen molar-refractivity contribution in [1.29, 1.82) is 0 Å². The molecule has 2 saturated carbocycles. The largest absolute Gasteiger partial charge is 0.459 e. The van der Waals surface area contributed by atoms with Crippen LogP contribution in [-0.4, -0.2) is 59.6 Å². The Morgan fingerprint density at radius 2 is 0.889 bits per heavy atom. The highest BCUT2D eigenvalue weighted by Gasteiger charge is 2.28. The van der Waals surface area contributed by atoms with E-state index in [-0.39, 0.29) is 24.3 Å². The Kier molecular flexibility index (Phi) is 10.6. The molecule has 0 bridgehead atoms. The van der Waals surface area contributed by atoms with E-state index >= 15 is 0 Å². The van der Waals surface area contributed by atoms with Crippen LogP contribution >= 0.6 is 0 Å². The Hall–Kier alpha value is -2.78. The molecule has 10 heteroatoms. The number of nitrogens with one attached hydrogen (secondary N) is 2. The molecule has 0 heterocycles. The van der Waals surface area contributed by atoms with Crippen molar-refractivity contribution >= 4 is 24.1 Å². The molecule has 36 heavy (non-hydrogen) atoms. The lowest BCUT2D eigenvalue weighted by Crippen LogP contribution is -2.42. The molecule has 204 valence electrons. The summed E-state index contributed by atoms with van der Waals surface area (Å²) in [4.78, 5) is 48.0. The minimum Gasteiger partial charge on any atom is -0.459 e. The summed E-state index contributed by atoms with van der Waals surface area (Å²) in [7, 11) is 0. The molecule has 0 saturated heterocycles. The molecule has 2 rings (SSSR count). The fraction of sp³-hybridized carbons (Fsp3) is 0.769. The number of esters is 2. The van der Waals surface area contributed by atoms with Crippen LogP contribution in [0.15, 0.2) is 12.2 Å². The average Bonchev–Trinajstić information content (AvgIpc) is 2.72. The first-order valence-electron chi connectivity index (χ1n) is 12.8. The van der Waals surface area contributed by atoms with Crippen molar-refractivity contribution in [3.63, 3.8) is 0 Å². The van der Waals surface area contributed by atoms with Crippen LogP contribution in [0.4, 0.5) is 9.59 Å². The number of alkyl carbamates (subject to hydrolysis) is 2. The van der Waals surface area contributed by atoms with Crippen LogP contribution in [0.1, 0.15) is 92.9 Å². The number of hydrogen-bond donors (Lipinski definition) is 2. The molecule has 10 nitrogen and oxygen atoms in total. The normalized spacial score (nSPS) is 24.9. The van der Waals surface area contributed by atoms with Crippen LogP contribution in [0.2, 0.25) is 0 Å². The molecule has 2 aliphatic carbocycles. The molecule has 0 spiro atoms. The minimum atomic E-state index is -0.597. The van der Waals surface area contributed by atoms with Crippen LogP contribution in [0, 0.1) is 0 Å². The predicted octanol–water partition coefficient (Wildman–Crippen LogP) is 4.30. The predicted molar refractivity (Wildman–Crippen MR) is 132 cm³/mol. The van der Waals surface area contributed by atoms with Crippen LogP contribution in [0.5, 0.6) is 0 Å². The maximum Gasteiger partial charge on any atom is 0.407 e. The van der Waals surface area contributed by atoms with Gasteiger partial charge in [0.25, 0.3) is 0 Å². The Morgan fingerprint density at radius 1 is 0.583 bits per heavy atom. The summed E-state index contributed by atoms with van der Waals surface area (Å²) in [5, 5.41) is 5.69. The van der Waals surface area contributed by atoms with Gasteiger partial charge < -0.3 is 29.6 Å². The van der Waals surface area contributed by atoms with Gasteiger partial charge in [0.05, 0.1) is 0 Å². The van der Waals surface area contributed by atoms with E-state index in [1.165, 1.54) is 0 Å². The van der Waals surface area contributed by atoms with Crippen LogP contribution in [0.3, 0.4) is 0 Å². The van der Waals surface area contributed by atoms with Crippen LogP contribution < -0.4 is 10.6 Å². The highest BCUT2D eigenvalue weighted by molar-refractivity contribution is 5.91. The van der Waals surface area contributed by atoms with E-state index in [1.54, 1.807) is 0 Å². The molecule has 2 fully saturated rings. The summed E-state index contributed by atoms with van der Waals surface area (Å²) in [5.41, 5.74) is -1.11. The maximum absolute atomic E-state index is 12.1. The maximum atomic E-state index is 12.1. The zero-order valence-electron chi connectivity index (χ0n) is 22.4. The number of ether oxygens (including phenoxy) is 4. The summed E-state index contributed by atoms with van der Waals surface area (Å²) in [5.74, 6) is -1.19. The Morgan fingerprint density at radius 3 is 1.17 bits per heavy atom. The van der Waals surface area contributed by atoms with Gasteiger partial charge in [0, 0.05) is 24.2 Å². The summed E-state index contributed by atoms with van der Waals surface area (Å²) in [6.45, 7) is 10.9. The molecule has 0 atom stereocenters. The van der Waals surface area contributed by atoms with E-state index in [2.05, 4.69) is 10.6 Å². The summed E-state index contributed by atoms with van der Waals surface area (Å²) < 4.78 is 21.4. The minimum absolute atomic E-state index is 0.0188. The summed E-state index contributed by atoms with van der Waals surface area (Å²) in [6, 6.07) is -0.0375. The quantitative estimate of drug-likeness (QED) is 0.307. The molecular weight excluding hydrogens is 468 g/mol. The second kappa shape index (κ2) is 13.0. The summed E-state index contributed by atoms with van der Waals surface area (Å²) >= 11 is 0. The Labute approximate surface area is 213 Å². The lowest BCUT2D eigenvalue weighted by Gasteiger charge is -2.29. The fourth-order valence-corrected chi connectivity index (χ4v) is 4.14. The topological polar surface area (TPSA) is 129 Å². The van der Waals surface area contributed by atoms with E-state index < -0.39 is 35.3 Å². The van der Waals surface area contributed by atoms with E-state index in [9.17, 15) is 19.2 Å². The first-order valence-corrected chi connectivity index (χ1v) is 12.8. The lowest BCUT2D eigenvalue weighted by atomic mass is 9.93. The van der Waals surface area contributed by atoms with Gasteiger partial charge in [-0.05, 0) is 92.9 Å². The number of rotatable bonds is 6. The lowest BCUT2D eigenvalue weighted by molar-refractivity contribution is -0.147. The van der Waals surface area contributed by atoms with Crippen molar-refractivity contribution in [3.8, 4) is 0 Å². The van der Waals surface area contributed by atoms with Gasteiger partial charge >= 0.3 is 24.1 Å². The average molecular weight is 511 g/mol.